The average Bonchev–Trinajstić information content (AvgIpc) is 3.13. The summed E-state index contributed by atoms with van der Waals surface area (Å²) in [7, 11) is 0. The molecule has 1 aromatic carbocycles. The molecule has 0 bridgehead atoms. The molecule has 0 amide bonds. The van der Waals surface area contributed by atoms with Crippen LogP contribution in [0.5, 0.6) is 0 Å². The van der Waals surface area contributed by atoms with Gasteiger partial charge < -0.3 is 4.42 Å². The maximum absolute atomic E-state index is 12.1. The summed E-state index contributed by atoms with van der Waals surface area (Å²) in [5, 5.41) is 7.76. The topological polar surface area (TPSA) is 68.9 Å². The maximum atomic E-state index is 12.1. The van der Waals surface area contributed by atoms with Gasteiger partial charge in [-0.05, 0) is 37.0 Å². The van der Waals surface area contributed by atoms with Crippen LogP contribution < -0.4 is 0 Å². The van der Waals surface area contributed by atoms with Crippen molar-refractivity contribution in [3.05, 3.63) is 66.3 Å². The lowest BCUT2D eigenvalue weighted by Crippen LogP contribution is -1.99. The minimum atomic E-state index is -0.0997. The monoisotopic (exact) mass is 321 g/mol. The van der Waals surface area contributed by atoms with Gasteiger partial charge in [-0.25, -0.2) is 0 Å². The number of carbonyl (C=O) groups is 1. The number of benzene rings is 1. The SMILES string of the molecule is O=C(CCCCCc1ccccc1)c1nnc(-c2cccnc2)o1. The highest BCUT2D eigenvalue weighted by molar-refractivity contribution is 5.91. The fraction of sp³-hybridized carbons (Fsp3) is 0.263. The van der Waals surface area contributed by atoms with Gasteiger partial charge in [0.05, 0.1) is 5.56 Å². The number of hydrogen-bond acceptors (Lipinski definition) is 5. The van der Waals surface area contributed by atoms with Gasteiger partial charge in [-0.15, -0.1) is 10.2 Å². The number of rotatable bonds is 8. The molecule has 2 heterocycles. The van der Waals surface area contributed by atoms with Gasteiger partial charge >= 0.3 is 0 Å². The summed E-state index contributed by atoms with van der Waals surface area (Å²) >= 11 is 0. The molecule has 122 valence electrons. The van der Waals surface area contributed by atoms with Gasteiger partial charge in [0.2, 0.25) is 11.7 Å². The fourth-order valence-electron chi connectivity index (χ4n) is 2.48. The van der Waals surface area contributed by atoms with Gasteiger partial charge in [-0.3, -0.25) is 9.78 Å². The molecule has 0 N–H and O–H groups in total. The Kier molecular flexibility index (Phi) is 5.45. The molecule has 0 aliphatic carbocycles. The number of nitrogens with zero attached hydrogens (tertiary/aromatic N) is 3. The molecular weight excluding hydrogens is 302 g/mol. The minimum absolute atomic E-state index is 0.0805. The van der Waals surface area contributed by atoms with Crippen LogP contribution >= 0.6 is 0 Å². The molecule has 0 saturated carbocycles. The Hall–Kier alpha value is -2.82. The number of Topliss-reactive ketones (excluding diaryl/α,β-unsaturated/α-hetero) is 1. The lowest BCUT2D eigenvalue weighted by atomic mass is 10.1. The predicted octanol–water partition coefficient (Wildman–Crippen LogP) is 4.12. The van der Waals surface area contributed by atoms with Crippen molar-refractivity contribution in [2.75, 3.05) is 0 Å². The molecule has 0 spiro atoms. The Morgan fingerprint density at radius 1 is 0.958 bits per heavy atom. The molecular formula is C19H19N3O2. The zero-order valence-electron chi connectivity index (χ0n) is 13.4. The van der Waals surface area contributed by atoms with Crippen molar-refractivity contribution in [1.29, 1.82) is 0 Å². The molecule has 0 aliphatic rings. The van der Waals surface area contributed by atoms with E-state index in [0.29, 0.717) is 17.9 Å². The molecule has 5 nitrogen and oxygen atoms in total. The predicted molar refractivity (Wildman–Crippen MR) is 90.5 cm³/mol. The number of unbranched alkanes of at least 4 members (excludes halogenated alkanes) is 2. The zero-order chi connectivity index (χ0) is 16.6. The second kappa shape index (κ2) is 8.15. The number of aromatic nitrogens is 3. The summed E-state index contributed by atoms with van der Waals surface area (Å²) in [5.74, 6) is 0.310. The van der Waals surface area contributed by atoms with E-state index in [4.69, 9.17) is 4.42 Å². The number of aryl methyl sites for hydroxylation is 1. The molecule has 5 heteroatoms. The van der Waals surface area contributed by atoms with Crippen LogP contribution in [0.25, 0.3) is 11.5 Å². The van der Waals surface area contributed by atoms with Crippen LogP contribution in [0.1, 0.15) is 41.9 Å². The molecule has 0 unspecified atom stereocenters. The maximum Gasteiger partial charge on any atom is 0.284 e. The summed E-state index contributed by atoms with van der Waals surface area (Å²) in [5.41, 5.74) is 2.05. The van der Waals surface area contributed by atoms with Crippen LogP contribution in [0.4, 0.5) is 0 Å². The van der Waals surface area contributed by atoms with Crippen LogP contribution in [-0.4, -0.2) is 21.0 Å². The highest BCUT2D eigenvalue weighted by Crippen LogP contribution is 2.17. The lowest BCUT2D eigenvalue weighted by Gasteiger charge is -2.00. The first-order chi connectivity index (χ1) is 11.8. The number of carbonyl (C=O) groups excluding carboxylic acids is 1. The van der Waals surface area contributed by atoms with E-state index in [1.165, 1.54) is 5.56 Å². The van der Waals surface area contributed by atoms with Crippen LogP contribution in [0.2, 0.25) is 0 Å². The summed E-state index contributed by atoms with van der Waals surface area (Å²) in [6.07, 6.45) is 7.68. The van der Waals surface area contributed by atoms with Gasteiger partial charge in [-0.1, -0.05) is 36.8 Å². The minimum Gasteiger partial charge on any atom is -0.414 e. The van der Waals surface area contributed by atoms with Crippen molar-refractivity contribution in [2.24, 2.45) is 0 Å². The Morgan fingerprint density at radius 3 is 2.62 bits per heavy atom. The first-order valence-corrected chi connectivity index (χ1v) is 8.14. The van der Waals surface area contributed by atoms with E-state index < -0.39 is 0 Å². The van der Waals surface area contributed by atoms with E-state index in [1.54, 1.807) is 18.5 Å². The second-order valence-electron chi connectivity index (χ2n) is 5.62. The van der Waals surface area contributed by atoms with E-state index in [2.05, 4.69) is 27.3 Å². The van der Waals surface area contributed by atoms with Gasteiger partial charge in [0.15, 0.2) is 0 Å². The van der Waals surface area contributed by atoms with Crippen molar-refractivity contribution < 1.29 is 9.21 Å². The van der Waals surface area contributed by atoms with Crippen LogP contribution in [-0.2, 0) is 6.42 Å². The summed E-state index contributed by atoms with van der Waals surface area (Å²) in [6.45, 7) is 0. The van der Waals surface area contributed by atoms with Crippen LogP contribution in [0.3, 0.4) is 0 Å². The van der Waals surface area contributed by atoms with Crippen LogP contribution in [0.15, 0.2) is 59.3 Å². The van der Waals surface area contributed by atoms with Crippen molar-refractivity contribution in [3.8, 4) is 11.5 Å². The third kappa shape index (κ3) is 4.35. The summed E-state index contributed by atoms with van der Waals surface area (Å²) < 4.78 is 5.45. The molecule has 0 aliphatic heterocycles. The van der Waals surface area contributed by atoms with E-state index in [0.717, 1.165) is 25.7 Å². The summed E-state index contributed by atoms with van der Waals surface area (Å²) in [4.78, 5) is 16.1. The molecule has 3 aromatic rings. The molecule has 24 heavy (non-hydrogen) atoms. The van der Waals surface area contributed by atoms with Crippen LogP contribution in [0, 0.1) is 0 Å². The molecule has 0 atom stereocenters. The molecule has 0 saturated heterocycles. The highest BCUT2D eigenvalue weighted by Gasteiger charge is 2.15. The first-order valence-electron chi connectivity index (χ1n) is 8.14. The quantitative estimate of drug-likeness (QED) is 0.461. The Morgan fingerprint density at radius 2 is 1.83 bits per heavy atom. The summed E-state index contributed by atoms with van der Waals surface area (Å²) in [6, 6.07) is 14.0. The van der Waals surface area contributed by atoms with Gasteiger partial charge in [-0.2, -0.15) is 0 Å². The van der Waals surface area contributed by atoms with Gasteiger partial charge in [0, 0.05) is 18.8 Å². The fourth-order valence-corrected chi connectivity index (χ4v) is 2.48. The van der Waals surface area contributed by atoms with Crippen molar-refractivity contribution in [3.63, 3.8) is 0 Å². The van der Waals surface area contributed by atoms with Crippen molar-refractivity contribution in [2.45, 2.75) is 32.1 Å². The number of ketones is 1. The van der Waals surface area contributed by atoms with E-state index in [-0.39, 0.29) is 11.7 Å². The standard InChI is InChI=1S/C19H19N3O2/c23-17(12-6-2-5-10-15-8-3-1-4-9-15)19-22-21-18(24-19)16-11-7-13-20-14-16/h1,3-4,7-9,11,13-14H,2,5-6,10,12H2. The smallest absolute Gasteiger partial charge is 0.284 e. The largest absolute Gasteiger partial charge is 0.414 e. The molecule has 0 radical (unpaired) electrons. The molecule has 0 fully saturated rings. The van der Waals surface area contributed by atoms with Gasteiger partial charge in [0.25, 0.3) is 5.89 Å². The zero-order valence-corrected chi connectivity index (χ0v) is 13.4. The normalized spacial score (nSPS) is 10.7. The Labute approximate surface area is 140 Å². The van der Waals surface area contributed by atoms with E-state index >= 15 is 0 Å². The Bertz CT molecular complexity index is 770. The highest BCUT2D eigenvalue weighted by atomic mass is 16.4. The van der Waals surface area contributed by atoms with Crippen molar-refractivity contribution in [1.82, 2.24) is 15.2 Å². The molecule has 2 aromatic heterocycles. The van der Waals surface area contributed by atoms with E-state index in [9.17, 15) is 4.79 Å². The third-order valence-electron chi connectivity index (χ3n) is 3.78. The van der Waals surface area contributed by atoms with Crippen molar-refractivity contribution >= 4 is 5.78 Å². The number of hydrogen-bond donors (Lipinski definition) is 0. The second-order valence-corrected chi connectivity index (χ2v) is 5.62. The number of pyridine rings is 1. The lowest BCUT2D eigenvalue weighted by molar-refractivity contribution is 0.0946. The average molecular weight is 321 g/mol. The van der Waals surface area contributed by atoms with E-state index in [1.807, 2.05) is 24.3 Å². The van der Waals surface area contributed by atoms with Gasteiger partial charge in [0.1, 0.15) is 0 Å². The third-order valence-corrected chi connectivity index (χ3v) is 3.78. The Balaban J connectivity index is 1.43. The molecule has 3 rings (SSSR count). The first kappa shape index (κ1) is 16.1.